The topological polar surface area (TPSA) is 18.5 Å². The van der Waals surface area contributed by atoms with Crippen molar-refractivity contribution in [3.63, 3.8) is 0 Å². The van der Waals surface area contributed by atoms with Crippen LogP contribution < -0.4 is 0 Å². The average Bonchev–Trinajstić information content (AvgIpc) is 2.49. The number of allylic oxidation sites excluding steroid dienone is 2. The minimum absolute atomic E-state index is 0.620. The molecule has 1 aliphatic heterocycles. The van der Waals surface area contributed by atoms with Crippen LogP contribution >= 0.6 is 0 Å². The minimum Gasteiger partial charge on any atom is -0.494 e. The smallest absolute Gasteiger partial charge is 0.141 e. The predicted octanol–water partition coefficient (Wildman–Crippen LogP) is 2.74. The molecular weight excluding hydrogens is 152 g/mol. The van der Waals surface area contributed by atoms with E-state index in [-0.39, 0.29) is 0 Å². The zero-order valence-electron chi connectivity index (χ0n) is 7.54. The fourth-order valence-corrected chi connectivity index (χ4v) is 0.780. The van der Waals surface area contributed by atoms with Gasteiger partial charge in [-0.25, -0.2) is 0 Å². The molecule has 0 atom stereocenters. The number of ether oxygens (including phenoxy) is 2. The normalized spacial score (nSPS) is 17.7. The fraction of sp³-hybridized carbons (Fsp3) is 0.400. The maximum absolute atomic E-state index is 5.22. The Morgan fingerprint density at radius 2 is 2.50 bits per heavy atom. The molecule has 0 spiro atoms. The van der Waals surface area contributed by atoms with Gasteiger partial charge in [0.05, 0.1) is 6.26 Å². The lowest BCUT2D eigenvalue weighted by molar-refractivity contribution is 0.255. The second-order valence-corrected chi connectivity index (χ2v) is 2.89. The summed E-state index contributed by atoms with van der Waals surface area (Å²) in [5.74, 6) is 0.872. The van der Waals surface area contributed by atoms with Gasteiger partial charge in [0.1, 0.15) is 18.6 Å². The SMILES string of the molecule is CC(C)=CCO/C=C1/CC=CO1. The maximum atomic E-state index is 5.22. The van der Waals surface area contributed by atoms with Crippen molar-refractivity contribution in [2.24, 2.45) is 0 Å². The summed E-state index contributed by atoms with van der Waals surface area (Å²) in [7, 11) is 0. The molecule has 0 unspecified atom stereocenters. The van der Waals surface area contributed by atoms with Gasteiger partial charge in [0, 0.05) is 6.42 Å². The Balaban J connectivity index is 2.17. The van der Waals surface area contributed by atoms with Gasteiger partial charge in [-0.2, -0.15) is 0 Å². The van der Waals surface area contributed by atoms with Crippen LogP contribution in [-0.4, -0.2) is 6.61 Å². The third kappa shape index (κ3) is 3.28. The Kier molecular flexibility index (Phi) is 3.45. The summed E-state index contributed by atoms with van der Waals surface area (Å²) in [5.41, 5.74) is 1.26. The average molecular weight is 166 g/mol. The van der Waals surface area contributed by atoms with Gasteiger partial charge >= 0.3 is 0 Å². The molecule has 0 aromatic rings. The van der Waals surface area contributed by atoms with Crippen LogP contribution in [0.25, 0.3) is 0 Å². The summed E-state index contributed by atoms with van der Waals surface area (Å²) in [6.45, 7) is 4.71. The van der Waals surface area contributed by atoms with Gasteiger partial charge in [-0.1, -0.05) is 5.57 Å². The van der Waals surface area contributed by atoms with Gasteiger partial charge < -0.3 is 9.47 Å². The van der Waals surface area contributed by atoms with Crippen LogP contribution in [0.2, 0.25) is 0 Å². The maximum Gasteiger partial charge on any atom is 0.141 e. The first-order valence-electron chi connectivity index (χ1n) is 4.04. The van der Waals surface area contributed by atoms with Crippen LogP contribution in [0.5, 0.6) is 0 Å². The molecular formula is C10H14O2. The Morgan fingerprint density at radius 1 is 1.67 bits per heavy atom. The van der Waals surface area contributed by atoms with Crippen LogP contribution in [-0.2, 0) is 9.47 Å². The van der Waals surface area contributed by atoms with E-state index in [1.54, 1.807) is 12.5 Å². The van der Waals surface area contributed by atoms with Crippen molar-refractivity contribution in [2.45, 2.75) is 20.3 Å². The molecule has 1 aliphatic rings. The zero-order valence-corrected chi connectivity index (χ0v) is 7.54. The van der Waals surface area contributed by atoms with Gasteiger partial charge in [-0.15, -0.1) is 0 Å². The molecule has 2 heteroatoms. The molecule has 0 radical (unpaired) electrons. The molecule has 0 saturated heterocycles. The van der Waals surface area contributed by atoms with Crippen LogP contribution in [0.1, 0.15) is 20.3 Å². The summed E-state index contributed by atoms with van der Waals surface area (Å²) < 4.78 is 10.3. The molecule has 1 rings (SSSR count). The van der Waals surface area contributed by atoms with E-state index in [9.17, 15) is 0 Å². The molecule has 0 N–H and O–H groups in total. The van der Waals surface area contributed by atoms with Crippen molar-refractivity contribution < 1.29 is 9.47 Å². The highest BCUT2D eigenvalue weighted by Crippen LogP contribution is 2.12. The van der Waals surface area contributed by atoms with Gasteiger partial charge in [-0.05, 0) is 26.0 Å². The molecule has 0 aromatic heterocycles. The Morgan fingerprint density at radius 3 is 3.08 bits per heavy atom. The third-order valence-electron chi connectivity index (χ3n) is 1.44. The van der Waals surface area contributed by atoms with Gasteiger partial charge in [0.25, 0.3) is 0 Å². The molecule has 1 heterocycles. The zero-order chi connectivity index (χ0) is 8.81. The van der Waals surface area contributed by atoms with Crippen molar-refractivity contribution in [1.29, 1.82) is 0 Å². The van der Waals surface area contributed by atoms with Crippen LogP contribution in [0.3, 0.4) is 0 Å². The molecule has 66 valence electrons. The molecule has 0 aromatic carbocycles. The predicted molar refractivity (Wildman–Crippen MR) is 48.3 cm³/mol. The molecule has 0 aliphatic carbocycles. The van der Waals surface area contributed by atoms with Gasteiger partial charge in [-0.3, -0.25) is 0 Å². The molecule has 2 nitrogen and oxygen atoms in total. The second kappa shape index (κ2) is 4.65. The van der Waals surface area contributed by atoms with Crippen LogP contribution in [0, 0.1) is 0 Å². The van der Waals surface area contributed by atoms with Crippen molar-refractivity contribution in [2.75, 3.05) is 6.61 Å². The quantitative estimate of drug-likeness (QED) is 0.364. The number of hydrogen-bond donors (Lipinski definition) is 0. The summed E-state index contributed by atoms with van der Waals surface area (Å²) in [6, 6.07) is 0. The largest absolute Gasteiger partial charge is 0.494 e. The lowest BCUT2D eigenvalue weighted by Gasteiger charge is -1.98. The number of rotatable bonds is 3. The minimum atomic E-state index is 0.620. The standard InChI is InChI=1S/C10H14O2/c1-9(2)5-7-11-8-10-4-3-6-12-10/h3,5-6,8H,4,7H2,1-2H3/b10-8-. The lowest BCUT2D eigenvalue weighted by atomic mass is 10.3. The first-order chi connectivity index (χ1) is 5.79. The molecule has 0 amide bonds. The van der Waals surface area contributed by atoms with Crippen molar-refractivity contribution >= 4 is 0 Å². The number of hydrogen-bond acceptors (Lipinski definition) is 2. The summed E-state index contributed by atoms with van der Waals surface area (Å²) in [6.07, 6.45) is 8.17. The monoisotopic (exact) mass is 166 g/mol. The second-order valence-electron chi connectivity index (χ2n) is 2.89. The van der Waals surface area contributed by atoms with E-state index >= 15 is 0 Å². The highest BCUT2D eigenvalue weighted by Gasteiger charge is 1.99. The van der Waals surface area contributed by atoms with E-state index < -0.39 is 0 Å². The lowest BCUT2D eigenvalue weighted by Crippen LogP contribution is -1.85. The first-order valence-corrected chi connectivity index (χ1v) is 4.04. The first kappa shape index (κ1) is 8.91. The van der Waals surface area contributed by atoms with Crippen LogP contribution in [0.4, 0.5) is 0 Å². The van der Waals surface area contributed by atoms with Crippen molar-refractivity contribution in [1.82, 2.24) is 0 Å². The molecule has 0 fully saturated rings. The van der Waals surface area contributed by atoms with E-state index in [1.807, 2.05) is 26.0 Å². The van der Waals surface area contributed by atoms with E-state index in [1.165, 1.54) is 5.57 Å². The van der Waals surface area contributed by atoms with E-state index in [0.717, 1.165) is 12.2 Å². The Bertz CT molecular complexity index is 210. The highest BCUT2D eigenvalue weighted by molar-refractivity contribution is 5.04. The molecule has 0 bridgehead atoms. The van der Waals surface area contributed by atoms with Gasteiger partial charge in [0.2, 0.25) is 0 Å². The Hall–Kier alpha value is -1.18. The third-order valence-corrected chi connectivity index (χ3v) is 1.44. The Labute approximate surface area is 73.2 Å². The van der Waals surface area contributed by atoms with E-state index in [2.05, 4.69) is 0 Å². The van der Waals surface area contributed by atoms with E-state index in [4.69, 9.17) is 9.47 Å². The van der Waals surface area contributed by atoms with Crippen molar-refractivity contribution in [3.8, 4) is 0 Å². The molecule has 12 heavy (non-hydrogen) atoms. The summed E-state index contributed by atoms with van der Waals surface area (Å²) >= 11 is 0. The van der Waals surface area contributed by atoms with Gasteiger partial charge in [0.15, 0.2) is 0 Å². The van der Waals surface area contributed by atoms with Crippen LogP contribution in [0.15, 0.2) is 36.0 Å². The summed E-state index contributed by atoms with van der Waals surface area (Å²) in [5, 5.41) is 0. The highest BCUT2D eigenvalue weighted by atomic mass is 16.5. The fourth-order valence-electron chi connectivity index (χ4n) is 0.780. The molecule has 0 saturated carbocycles. The van der Waals surface area contributed by atoms with E-state index in [0.29, 0.717) is 6.61 Å². The summed E-state index contributed by atoms with van der Waals surface area (Å²) in [4.78, 5) is 0. The van der Waals surface area contributed by atoms with Crippen molar-refractivity contribution in [3.05, 3.63) is 36.0 Å².